The number of nitrogens with zero attached hydrogens (tertiary/aromatic N) is 3. The zero-order valence-corrected chi connectivity index (χ0v) is 21.0. The molecule has 4 rings (SSSR count). The first-order chi connectivity index (χ1) is 16.6. The van der Waals surface area contributed by atoms with Crippen LogP contribution in [0.25, 0.3) is 10.9 Å². The number of aryl methyl sites for hydroxylation is 2. The molecular formula is C25H30N4O5S. The van der Waals surface area contributed by atoms with Crippen LogP contribution in [0.15, 0.2) is 50.9 Å². The van der Waals surface area contributed by atoms with Gasteiger partial charge in [-0.25, -0.2) is 13.2 Å². The number of anilines is 1. The Morgan fingerprint density at radius 1 is 1.03 bits per heavy atom. The van der Waals surface area contributed by atoms with Crippen molar-refractivity contribution in [2.24, 2.45) is 7.05 Å². The number of likely N-dealkylation sites (tertiary alicyclic amines) is 1. The van der Waals surface area contributed by atoms with E-state index in [1.807, 2.05) is 19.9 Å². The number of carbonyl (C=O) groups excluding carboxylic acids is 1. The van der Waals surface area contributed by atoms with Crippen molar-refractivity contribution in [1.82, 2.24) is 14.0 Å². The molecule has 0 bridgehead atoms. The molecule has 1 aliphatic rings. The third kappa shape index (κ3) is 4.88. The van der Waals surface area contributed by atoms with Gasteiger partial charge in [0, 0.05) is 33.1 Å². The molecule has 2 aromatic carbocycles. The molecule has 0 radical (unpaired) electrons. The predicted molar refractivity (Wildman–Crippen MR) is 135 cm³/mol. The van der Waals surface area contributed by atoms with Gasteiger partial charge in [0.25, 0.3) is 15.6 Å². The first-order valence-electron chi connectivity index (χ1n) is 11.7. The molecule has 3 aromatic rings. The number of rotatable bonds is 6. The maximum Gasteiger partial charge on any atom is 0.331 e. The smallest absolute Gasteiger partial charge is 0.331 e. The number of sulfonamides is 1. The Hall–Kier alpha value is -3.40. The molecule has 1 saturated heterocycles. The van der Waals surface area contributed by atoms with Crippen LogP contribution < -0.4 is 16.0 Å². The monoisotopic (exact) mass is 498 g/mol. The molecule has 35 heavy (non-hydrogen) atoms. The second kappa shape index (κ2) is 9.69. The van der Waals surface area contributed by atoms with Crippen LogP contribution in [0.1, 0.15) is 36.8 Å². The van der Waals surface area contributed by atoms with Gasteiger partial charge in [-0.15, -0.1) is 0 Å². The van der Waals surface area contributed by atoms with E-state index in [0.717, 1.165) is 35.0 Å². The summed E-state index contributed by atoms with van der Waals surface area (Å²) in [5.41, 5.74) is 1.38. The minimum absolute atomic E-state index is 0.0346. The summed E-state index contributed by atoms with van der Waals surface area (Å²) in [4.78, 5) is 40.3. The molecule has 0 saturated carbocycles. The minimum Gasteiger partial charge on any atom is -0.343 e. The number of piperidine rings is 1. The van der Waals surface area contributed by atoms with Crippen LogP contribution in [0.3, 0.4) is 0 Å². The van der Waals surface area contributed by atoms with E-state index in [1.54, 1.807) is 17.0 Å². The second-order valence-corrected chi connectivity index (χ2v) is 10.7. The molecule has 1 fully saturated rings. The van der Waals surface area contributed by atoms with Crippen molar-refractivity contribution in [1.29, 1.82) is 0 Å². The highest BCUT2D eigenvalue weighted by molar-refractivity contribution is 7.92. The van der Waals surface area contributed by atoms with Crippen LogP contribution >= 0.6 is 0 Å². The topological polar surface area (TPSA) is 110 Å². The number of nitrogens with one attached hydrogen (secondary N) is 1. The summed E-state index contributed by atoms with van der Waals surface area (Å²) in [5, 5.41) is 0.0985. The number of fused-ring (bicyclic) bond motifs is 1. The van der Waals surface area contributed by atoms with Crippen LogP contribution in [0.2, 0.25) is 0 Å². The van der Waals surface area contributed by atoms with Crippen LogP contribution in [0, 0.1) is 13.8 Å². The number of aromatic nitrogens is 2. The SMILES string of the molecule is Cc1cccc(NS(=O)(=O)c2ccc3c(c2)c(=O)n(CCC(=O)N2CCCCC2)c(=O)n3C)c1C. The molecule has 0 aliphatic carbocycles. The van der Waals surface area contributed by atoms with E-state index < -0.39 is 21.3 Å². The van der Waals surface area contributed by atoms with Crippen molar-refractivity contribution in [3.63, 3.8) is 0 Å². The number of hydrogen-bond acceptors (Lipinski definition) is 5. The third-order valence-corrected chi connectivity index (χ3v) is 8.10. The lowest BCUT2D eigenvalue weighted by atomic mass is 10.1. The zero-order valence-electron chi connectivity index (χ0n) is 20.2. The third-order valence-electron chi connectivity index (χ3n) is 6.74. The molecule has 0 unspecified atom stereocenters. The average molecular weight is 499 g/mol. The molecule has 9 nitrogen and oxygen atoms in total. The Balaban J connectivity index is 1.68. The fraction of sp³-hybridized carbons (Fsp3) is 0.400. The van der Waals surface area contributed by atoms with Gasteiger partial charge in [-0.3, -0.25) is 23.4 Å². The number of hydrogen-bond donors (Lipinski definition) is 1. The number of amides is 1. The highest BCUT2D eigenvalue weighted by Gasteiger charge is 2.21. The molecule has 2 heterocycles. The van der Waals surface area contributed by atoms with Crippen molar-refractivity contribution in [3.8, 4) is 0 Å². The van der Waals surface area contributed by atoms with E-state index in [9.17, 15) is 22.8 Å². The van der Waals surface area contributed by atoms with Gasteiger partial charge in [0.05, 0.1) is 21.5 Å². The van der Waals surface area contributed by atoms with Crippen LogP contribution in [-0.4, -0.2) is 41.4 Å². The van der Waals surface area contributed by atoms with Crippen molar-refractivity contribution >= 4 is 32.5 Å². The van der Waals surface area contributed by atoms with E-state index in [2.05, 4.69) is 4.72 Å². The Morgan fingerprint density at radius 2 is 1.74 bits per heavy atom. The van der Waals surface area contributed by atoms with Gasteiger partial charge in [-0.05, 0) is 68.5 Å². The largest absolute Gasteiger partial charge is 0.343 e. The fourth-order valence-corrected chi connectivity index (χ4v) is 5.58. The molecule has 0 spiro atoms. The summed E-state index contributed by atoms with van der Waals surface area (Å²) < 4.78 is 31.1. The van der Waals surface area contributed by atoms with Gasteiger partial charge in [0.15, 0.2) is 0 Å². The van der Waals surface area contributed by atoms with Gasteiger partial charge >= 0.3 is 5.69 Å². The van der Waals surface area contributed by atoms with Gasteiger partial charge in [-0.1, -0.05) is 12.1 Å². The lowest BCUT2D eigenvalue weighted by molar-refractivity contribution is -0.132. The highest BCUT2D eigenvalue weighted by atomic mass is 32.2. The predicted octanol–water partition coefficient (Wildman–Crippen LogP) is 2.52. The van der Waals surface area contributed by atoms with Crippen LogP contribution in [-0.2, 0) is 28.4 Å². The molecule has 1 amide bonds. The fourth-order valence-electron chi connectivity index (χ4n) is 4.43. The maximum atomic E-state index is 13.2. The quantitative estimate of drug-likeness (QED) is 0.562. The summed E-state index contributed by atoms with van der Waals surface area (Å²) in [6.07, 6.45) is 3.04. The van der Waals surface area contributed by atoms with E-state index in [4.69, 9.17) is 0 Å². The van der Waals surface area contributed by atoms with E-state index in [-0.39, 0.29) is 29.2 Å². The van der Waals surface area contributed by atoms with Crippen molar-refractivity contribution in [2.45, 2.75) is 51.0 Å². The van der Waals surface area contributed by atoms with Crippen LogP contribution in [0.5, 0.6) is 0 Å². The summed E-state index contributed by atoms with van der Waals surface area (Å²) in [6, 6.07) is 9.45. The van der Waals surface area contributed by atoms with Crippen LogP contribution in [0.4, 0.5) is 5.69 Å². The first-order valence-corrected chi connectivity index (χ1v) is 13.2. The molecule has 0 atom stereocenters. The Morgan fingerprint density at radius 3 is 2.46 bits per heavy atom. The van der Waals surface area contributed by atoms with Crippen molar-refractivity contribution < 1.29 is 13.2 Å². The van der Waals surface area contributed by atoms with E-state index >= 15 is 0 Å². The Bertz CT molecular complexity index is 1520. The zero-order chi connectivity index (χ0) is 25.3. The molecule has 1 aliphatic heterocycles. The molecule has 10 heteroatoms. The molecule has 186 valence electrons. The van der Waals surface area contributed by atoms with Gasteiger partial charge in [-0.2, -0.15) is 0 Å². The Labute approximate surface area is 204 Å². The average Bonchev–Trinajstić information content (AvgIpc) is 2.85. The first kappa shape index (κ1) is 24.7. The number of benzene rings is 2. The standard InChI is InChI=1S/C25H30N4O5S/c1-17-8-7-9-21(18(17)2)26-35(33,34)19-10-11-22-20(16-19)24(31)29(25(32)27(22)3)15-12-23(30)28-13-5-4-6-14-28/h7-11,16,26H,4-6,12-15H2,1-3H3. The summed E-state index contributed by atoms with van der Waals surface area (Å²) in [5.74, 6) is -0.0900. The minimum atomic E-state index is -3.98. The lowest BCUT2D eigenvalue weighted by Gasteiger charge is -2.26. The highest BCUT2D eigenvalue weighted by Crippen LogP contribution is 2.23. The van der Waals surface area contributed by atoms with Crippen molar-refractivity contribution in [2.75, 3.05) is 17.8 Å². The lowest BCUT2D eigenvalue weighted by Crippen LogP contribution is -2.41. The second-order valence-electron chi connectivity index (χ2n) is 9.02. The van der Waals surface area contributed by atoms with Crippen molar-refractivity contribution in [3.05, 3.63) is 68.4 Å². The molecule has 1 aromatic heterocycles. The van der Waals surface area contributed by atoms with E-state index in [1.165, 1.54) is 29.8 Å². The summed E-state index contributed by atoms with van der Waals surface area (Å²) >= 11 is 0. The van der Waals surface area contributed by atoms with E-state index in [0.29, 0.717) is 24.3 Å². The molecular weight excluding hydrogens is 468 g/mol. The normalized spacial score (nSPS) is 14.3. The summed E-state index contributed by atoms with van der Waals surface area (Å²) in [7, 11) is -2.46. The van der Waals surface area contributed by atoms with Gasteiger partial charge in [0.2, 0.25) is 5.91 Å². The maximum absolute atomic E-state index is 13.2. The molecule has 1 N–H and O–H groups in total. The van der Waals surface area contributed by atoms with Gasteiger partial charge in [0.1, 0.15) is 0 Å². The summed E-state index contributed by atoms with van der Waals surface area (Å²) in [6.45, 7) is 5.04. The van der Waals surface area contributed by atoms with Gasteiger partial charge < -0.3 is 4.90 Å². The number of carbonyl (C=O) groups is 1. The Kier molecular flexibility index (Phi) is 6.84.